The lowest BCUT2D eigenvalue weighted by Crippen LogP contribution is -2.09. The Labute approximate surface area is 50.2 Å². The van der Waals surface area contributed by atoms with Gasteiger partial charge in [0.1, 0.15) is 0 Å². The van der Waals surface area contributed by atoms with E-state index in [2.05, 4.69) is 5.10 Å². The molecule has 1 rings (SSSR count). The maximum Gasteiger partial charge on any atom is 0.0356 e. The maximum atomic E-state index is 4.13. The Bertz CT molecular complexity index is 88.5. The summed E-state index contributed by atoms with van der Waals surface area (Å²) in [6.07, 6.45) is 5.74. The van der Waals surface area contributed by atoms with E-state index in [1.54, 1.807) is 0 Å². The van der Waals surface area contributed by atoms with Crippen LogP contribution in [0.4, 0.5) is 0 Å². The van der Waals surface area contributed by atoms with Crippen molar-refractivity contribution in [1.29, 1.82) is 0 Å². The molecule has 46 valence electrons. The van der Waals surface area contributed by atoms with E-state index in [9.17, 15) is 0 Å². The van der Waals surface area contributed by atoms with Crippen LogP contribution in [0.5, 0.6) is 0 Å². The second-order valence-corrected chi connectivity index (χ2v) is 2.18. The molecule has 0 bridgehead atoms. The highest BCUT2D eigenvalue weighted by Gasteiger charge is 1.95. The molecule has 0 N–H and O–H groups in total. The Balaban J connectivity index is 2.33. The molecule has 0 atom stereocenters. The van der Waals surface area contributed by atoms with Gasteiger partial charge in [-0.1, -0.05) is 0 Å². The summed E-state index contributed by atoms with van der Waals surface area (Å²) in [5.41, 5.74) is 0. The first-order valence-electron chi connectivity index (χ1n) is 3.13. The molecule has 0 saturated carbocycles. The molecule has 8 heavy (non-hydrogen) atoms. The van der Waals surface area contributed by atoms with Gasteiger partial charge in [-0.3, -0.25) is 0 Å². The van der Waals surface area contributed by atoms with Crippen LogP contribution in [0.1, 0.15) is 19.3 Å². The van der Waals surface area contributed by atoms with Crippen LogP contribution in [-0.4, -0.2) is 24.8 Å². The van der Waals surface area contributed by atoms with Gasteiger partial charge in [-0.15, -0.1) is 0 Å². The van der Waals surface area contributed by atoms with E-state index in [0.29, 0.717) is 0 Å². The summed E-state index contributed by atoms with van der Waals surface area (Å²) < 4.78 is 0. The number of hydrazone groups is 1. The van der Waals surface area contributed by atoms with Gasteiger partial charge in [0.25, 0.3) is 0 Å². The molecule has 0 aliphatic carbocycles. The van der Waals surface area contributed by atoms with Crippen LogP contribution in [0.2, 0.25) is 0 Å². The van der Waals surface area contributed by atoms with Gasteiger partial charge in [0.2, 0.25) is 0 Å². The van der Waals surface area contributed by atoms with Crippen molar-refractivity contribution in [2.24, 2.45) is 5.10 Å². The second-order valence-electron chi connectivity index (χ2n) is 2.18. The van der Waals surface area contributed by atoms with Crippen molar-refractivity contribution in [2.45, 2.75) is 19.3 Å². The van der Waals surface area contributed by atoms with Crippen molar-refractivity contribution in [2.75, 3.05) is 13.6 Å². The third-order valence-electron chi connectivity index (χ3n) is 1.34. The van der Waals surface area contributed by atoms with Crippen LogP contribution < -0.4 is 0 Å². The number of hydrogen-bond acceptors (Lipinski definition) is 2. The topological polar surface area (TPSA) is 15.6 Å². The van der Waals surface area contributed by atoms with E-state index in [4.69, 9.17) is 0 Å². The maximum absolute atomic E-state index is 4.13. The summed E-state index contributed by atoms with van der Waals surface area (Å²) in [6.45, 7) is 1.12. The van der Waals surface area contributed by atoms with E-state index in [-0.39, 0.29) is 0 Å². The van der Waals surface area contributed by atoms with Crippen LogP contribution >= 0.6 is 0 Å². The van der Waals surface area contributed by atoms with E-state index in [1.807, 2.05) is 18.3 Å². The van der Waals surface area contributed by atoms with Crippen LogP contribution in [0.3, 0.4) is 0 Å². The van der Waals surface area contributed by atoms with Gasteiger partial charge in [0.05, 0.1) is 0 Å². The minimum atomic E-state index is 1.12. The van der Waals surface area contributed by atoms with Gasteiger partial charge in [-0.25, -0.2) is 0 Å². The van der Waals surface area contributed by atoms with Crippen molar-refractivity contribution in [3.8, 4) is 0 Å². The quantitative estimate of drug-likeness (QED) is 0.458. The molecule has 0 saturated heterocycles. The van der Waals surface area contributed by atoms with Crippen LogP contribution in [0.15, 0.2) is 5.10 Å². The predicted octanol–water partition coefficient (Wildman–Crippen LogP) is 1.09. The molecule has 0 aromatic rings. The molecule has 0 fully saturated rings. The summed E-state index contributed by atoms with van der Waals surface area (Å²) in [6, 6.07) is 0. The standard InChI is InChI=1S/C6H12N2/c1-8-6-4-2-3-5-7-8/h5H,2-4,6H2,1H3. The fourth-order valence-corrected chi connectivity index (χ4v) is 0.831. The van der Waals surface area contributed by atoms with Crippen LogP contribution in [-0.2, 0) is 0 Å². The molecular formula is C6H12N2. The molecule has 0 radical (unpaired) electrons. The molecule has 1 aliphatic heterocycles. The Kier molecular flexibility index (Phi) is 1.89. The number of hydrogen-bond donors (Lipinski definition) is 0. The van der Waals surface area contributed by atoms with Crippen LogP contribution in [0.25, 0.3) is 0 Å². The zero-order valence-electron chi connectivity index (χ0n) is 5.30. The van der Waals surface area contributed by atoms with Gasteiger partial charge in [-0.2, -0.15) is 5.10 Å². The highest BCUT2D eigenvalue weighted by atomic mass is 15.4. The Morgan fingerprint density at radius 1 is 1.50 bits per heavy atom. The highest BCUT2D eigenvalue weighted by Crippen LogP contribution is 1.99. The van der Waals surface area contributed by atoms with E-state index < -0.39 is 0 Å². The average molecular weight is 112 g/mol. The molecule has 0 unspecified atom stereocenters. The lowest BCUT2D eigenvalue weighted by molar-refractivity contribution is 0.356. The predicted molar refractivity (Wildman–Crippen MR) is 35.0 cm³/mol. The molecular weight excluding hydrogens is 100 g/mol. The number of nitrogens with zero attached hydrogens (tertiary/aromatic N) is 2. The smallest absolute Gasteiger partial charge is 0.0356 e. The molecule has 1 heterocycles. The lowest BCUT2D eigenvalue weighted by Gasteiger charge is -2.07. The lowest BCUT2D eigenvalue weighted by atomic mass is 10.2. The normalized spacial score (nSPS) is 20.9. The average Bonchev–Trinajstić information content (AvgIpc) is 1.94. The van der Waals surface area contributed by atoms with Gasteiger partial charge < -0.3 is 5.01 Å². The SMILES string of the molecule is CN1CCCCC=N1. The Morgan fingerprint density at radius 2 is 2.38 bits per heavy atom. The third kappa shape index (κ3) is 1.52. The molecule has 0 amide bonds. The minimum Gasteiger partial charge on any atom is -0.300 e. The summed E-state index contributed by atoms with van der Waals surface area (Å²) in [7, 11) is 2.02. The molecule has 0 spiro atoms. The minimum absolute atomic E-state index is 1.12. The summed E-state index contributed by atoms with van der Waals surface area (Å²) in [4.78, 5) is 0. The van der Waals surface area contributed by atoms with Crippen molar-refractivity contribution >= 4 is 6.21 Å². The molecule has 2 heteroatoms. The fourth-order valence-electron chi connectivity index (χ4n) is 0.831. The molecule has 0 aromatic carbocycles. The number of rotatable bonds is 0. The molecule has 2 nitrogen and oxygen atoms in total. The summed E-state index contributed by atoms with van der Waals surface area (Å²) in [5.74, 6) is 0. The summed E-state index contributed by atoms with van der Waals surface area (Å²) >= 11 is 0. The van der Waals surface area contributed by atoms with Crippen molar-refractivity contribution in [3.63, 3.8) is 0 Å². The first-order chi connectivity index (χ1) is 3.89. The highest BCUT2D eigenvalue weighted by molar-refractivity contribution is 5.56. The summed E-state index contributed by atoms with van der Waals surface area (Å²) in [5, 5.41) is 6.12. The van der Waals surface area contributed by atoms with Crippen molar-refractivity contribution in [3.05, 3.63) is 0 Å². The van der Waals surface area contributed by atoms with Gasteiger partial charge >= 0.3 is 0 Å². The van der Waals surface area contributed by atoms with Gasteiger partial charge in [-0.05, 0) is 19.3 Å². The second kappa shape index (κ2) is 2.70. The largest absolute Gasteiger partial charge is 0.300 e. The van der Waals surface area contributed by atoms with Crippen molar-refractivity contribution < 1.29 is 0 Å². The van der Waals surface area contributed by atoms with Gasteiger partial charge in [0.15, 0.2) is 0 Å². The first-order valence-corrected chi connectivity index (χ1v) is 3.13. The zero-order valence-corrected chi connectivity index (χ0v) is 5.30. The molecule has 1 aliphatic rings. The van der Waals surface area contributed by atoms with Crippen molar-refractivity contribution in [1.82, 2.24) is 5.01 Å². The third-order valence-corrected chi connectivity index (χ3v) is 1.34. The molecule has 0 aromatic heterocycles. The fraction of sp³-hybridized carbons (Fsp3) is 0.833. The van der Waals surface area contributed by atoms with E-state index in [0.717, 1.165) is 13.0 Å². The first kappa shape index (κ1) is 5.60. The Morgan fingerprint density at radius 3 is 3.25 bits per heavy atom. The van der Waals surface area contributed by atoms with E-state index in [1.165, 1.54) is 12.8 Å². The monoisotopic (exact) mass is 112 g/mol. The van der Waals surface area contributed by atoms with Crippen LogP contribution in [0, 0.1) is 0 Å². The Hall–Kier alpha value is -0.530. The van der Waals surface area contributed by atoms with Gasteiger partial charge in [0, 0.05) is 19.8 Å². The van der Waals surface area contributed by atoms with E-state index >= 15 is 0 Å². The zero-order chi connectivity index (χ0) is 5.82.